The van der Waals surface area contributed by atoms with Crippen LogP contribution in [0.2, 0.25) is 0 Å². The smallest absolute Gasteiger partial charge is 0.245 e. The third-order valence-electron chi connectivity index (χ3n) is 3.83. The lowest BCUT2D eigenvalue weighted by Crippen LogP contribution is -2.64. The molecule has 1 N–H and O–H groups in total. The summed E-state index contributed by atoms with van der Waals surface area (Å²) in [6.45, 7) is 6.00. The molecule has 20 heavy (non-hydrogen) atoms. The fourth-order valence-electron chi connectivity index (χ4n) is 2.79. The van der Waals surface area contributed by atoms with Crippen molar-refractivity contribution in [2.75, 3.05) is 26.4 Å². The van der Waals surface area contributed by atoms with Gasteiger partial charge < -0.3 is 19.7 Å². The van der Waals surface area contributed by atoms with Crippen molar-refractivity contribution in [1.29, 1.82) is 0 Å². The summed E-state index contributed by atoms with van der Waals surface area (Å²) >= 11 is 0. The summed E-state index contributed by atoms with van der Waals surface area (Å²) in [6, 6.07) is -0.777. The molecule has 2 aliphatic rings. The third-order valence-corrected chi connectivity index (χ3v) is 3.83. The Labute approximate surface area is 119 Å². The monoisotopic (exact) mass is 284 g/mol. The number of carbonyl (C=O) groups excluding carboxylic acids is 2. The molecule has 0 spiro atoms. The van der Waals surface area contributed by atoms with Crippen molar-refractivity contribution < 1.29 is 19.1 Å². The second kappa shape index (κ2) is 7.04. The molecule has 0 aromatic carbocycles. The first-order chi connectivity index (χ1) is 9.67. The second-order valence-electron chi connectivity index (χ2n) is 5.33. The third kappa shape index (κ3) is 3.30. The van der Waals surface area contributed by atoms with Gasteiger partial charge in [0.1, 0.15) is 12.1 Å². The first-order valence-electron chi connectivity index (χ1n) is 7.47. The zero-order chi connectivity index (χ0) is 14.5. The van der Waals surface area contributed by atoms with Crippen molar-refractivity contribution in [2.45, 2.75) is 51.3 Å². The van der Waals surface area contributed by atoms with E-state index in [1.165, 1.54) is 0 Å². The van der Waals surface area contributed by atoms with Crippen molar-refractivity contribution in [3.63, 3.8) is 0 Å². The van der Waals surface area contributed by atoms with E-state index >= 15 is 0 Å². The highest BCUT2D eigenvalue weighted by Gasteiger charge is 2.40. The van der Waals surface area contributed by atoms with E-state index in [9.17, 15) is 9.59 Å². The summed E-state index contributed by atoms with van der Waals surface area (Å²) in [5.41, 5.74) is 0. The van der Waals surface area contributed by atoms with E-state index in [1.54, 1.807) is 4.90 Å². The Bertz CT molecular complexity index is 355. The number of nitrogens with one attached hydrogen (secondary N) is 1. The van der Waals surface area contributed by atoms with Crippen molar-refractivity contribution in [3.05, 3.63) is 0 Å². The molecule has 2 aliphatic heterocycles. The molecular weight excluding hydrogens is 260 g/mol. The van der Waals surface area contributed by atoms with Crippen LogP contribution in [0.1, 0.15) is 33.1 Å². The fraction of sp³-hybridized carbons (Fsp3) is 0.857. The lowest BCUT2D eigenvalue weighted by Gasteiger charge is -2.40. The average Bonchev–Trinajstić information content (AvgIpc) is 2.46. The first-order valence-corrected chi connectivity index (χ1v) is 7.47. The molecule has 0 aromatic rings. The van der Waals surface area contributed by atoms with Gasteiger partial charge in [-0.1, -0.05) is 20.3 Å². The van der Waals surface area contributed by atoms with E-state index in [1.807, 2.05) is 13.8 Å². The summed E-state index contributed by atoms with van der Waals surface area (Å²) < 4.78 is 11.0. The Morgan fingerprint density at radius 1 is 1.30 bits per heavy atom. The lowest BCUT2D eigenvalue weighted by molar-refractivity contribution is -0.155. The molecule has 2 rings (SSSR count). The van der Waals surface area contributed by atoms with Gasteiger partial charge in [0, 0.05) is 0 Å². The van der Waals surface area contributed by atoms with E-state index in [2.05, 4.69) is 5.32 Å². The molecule has 2 fully saturated rings. The SMILES string of the molecule is CCCC1NC(=O)C(CC)N(CC2COCCO2)C1=O. The molecule has 0 aliphatic carbocycles. The predicted molar refractivity (Wildman–Crippen MR) is 73.2 cm³/mol. The van der Waals surface area contributed by atoms with E-state index in [-0.39, 0.29) is 30.0 Å². The number of ether oxygens (including phenoxy) is 2. The number of hydrogen-bond acceptors (Lipinski definition) is 4. The quantitative estimate of drug-likeness (QED) is 0.789. The highest BCUT2D eigenvalue weighted by Crippen LogP contribution is 2.17. The Morgan fingerprint density at radius 3 is 2.70 bits per heavy atom. The molecule has 3 unspecified atom stereocenters. The minimum absolute atomic E-state index is 0.00692. The van der Waals surface area contributed by atoms with Crippen LogP contribution in [-0.2, 0) is 19.1 Å². The molecule has 6 nitrogen and oxygen atoms in total. The molecule has 0 bridgehead atoms. The number of rotatable bonds is 5. The van der Waals surface area contributed by atoms with Crippen LogP contribution in [0.15, 0.2) is 0 Å². The maximum absolute atomic E-state index is 12.5. The molecular formula is C14H24N2O4. The molecule has 2 saturated heterocycles. The Hall–Kier alpha value is -1.14. The Balaban J connectivity index is 2.06. The van der Waals surface area contributed by atoms with Gasteiger partial charge in [-0.2, -0.15) is 0 Å². The normalized spacial score (nSPS) is 31.3. The maximum Gasteiger partial charge on any atom is 0.245 e. The Kier molecular flexibility index (Phi) is 5.37. The van der Waals surface area contributed by atoms with Crippen LogP contribution in [0.3, 0.4) is 0 Å². The number of piperazine rings is 1. The minimum atomic E-state index is -0.389. The van der Waals surface area contributed by atoms with Crippen LogP contribution >= 0.6 is 0 Å². The molecule has 0 radical (unpaired) electrons. The molecule has 2 amide bonds. The lowest BCUT2D eigenvalue weighted by atomic mass is 10.0. The Morgan fingerprint density at radius 2 is 2.10 bits per heavy atom. The van der Waals surface area contributed by atoms with Gasteiger partial charge in [0.15, 0.2) is 0 Å². The number of amides is 2. The van der Waals surface area contributed by atoms with Gasteiger partial charge in [0.2, 0.25) is 11.8 Å². The number of hydrogen-bond donors (Lipinski definition) is 1. The predicted octanol–water partition coefficient (Wildman–Crippen LogP) is 0.308. The second-order valence-corrected chi connectivity index (χ2v) is 5.33. The highest BCUT2D eigenvalue weighted by molar-refractivity contribution is 5.96. The van der Waals surface area contributed by atoms with Crippen LogP contribution < -0.4 is 5.32 Å². The van der Waals surface area contributed by atoms with Gasteiger partial charge in [0.05, 0.1) is 32.5 Å². The molecule has 0 saturated carbocycles. The summed E-state index contributed by atoms with van der Waals surface area (Å²) in [5, 5.41) is 2.83. The molecule has 114 valence electrons. The zero-order valence-corrected chi connectivity index (χ0v) is 12.3. The molecule has 3 atom stereocenters. The van der Waals surface area contributed by atoms with Crippen molar-refractivity contribution >= 4 is 11.8 Å². The number of nitrogens with zero attached hydrogens (tertiary/aromatic N) is 1. The number of carbonyl (C=O) groups is 2. The molecule has 0 aromatic heterocycles. The van der Waals surface area contributed by atoms with Gasteiger partial charge in [-0.25, -0.2) is 0 Å². The van der Waals surface area contributed by atoms with Gasteiger partial charge in [-0.15, -0.1) is 0 Å². The van der Waals surface area contributed by atoms with Crippen LogP contribution in [0.5, 0.6) is 0 Å². The molecule has 6 heteroatoms. The van der Waals surface area contributed by atoms with Gasteiger partial charge in [0.25, 0.3) is 0 Å². The molecule has 2 heterocycles. The summed E-state index contributed by atoms with van der Waals surface area (Å²) in [5.74, 6) is -0.0465. The van der Waals surface area contributed by atoms with Crippen molar-refractivity contribution in [3.8, 4) is 0 Å². The van der Waals surface area contributed by atoms with Crippen molar-refractivity contribution in [2.24, 2.45) is 0 Å². The van der Waals surface area contributed by atoms with Gasteiger partial charge in [-0.3, -0.25) is 9.59 Å². The van der Waals surface area contributed by atoms with Crippen LogP contribution in [0.4, 0.5) is 0 Å². The summed E-state index contributed by atoms with van der Waals surface area (Å²) in [7, 11) is 0. The van der Waals surface area contributed by atoms with Crippen LogP contribution in [0, 0.1) is 0 Å². The fourth-order valence-corrected chi connectivity index (χ4v) is 2.79. The standard InChI is InChI=1S/C14H24N2O4/c1-3-5-11-14(18)16(12(4-2)13(17)15-11)8-10-9-19-6-7-20-10/h10-12H,3-9H2,1-2H3,(H,15,17). The van der Waals surface area contributed by atoms with Crippen LogP contribution in [0.25, 0.3) is 0 Å². The minimum Gasteiger partial charge on any atom is -0.376 e. The summed E-state index contributed by atoms with van der Waals surface area (Å²) in [4.78, 5) is 26.3. The summed E-state index contributed by atoms with van der Waals surface area (Å²) in [6.07, 6.45) is 2.03. The van der Waals surface area contributed by atoms with E-state index in [0.29, 0.717) is 39.2 Å². The van der Waals surface area contributed by atoms with E-state index in [0.717, 1.165) is 6.42 Å². The van der Waals surface area contributed by atoms with Gasteiger partial charge in [-0.05, 0) is 12.8 Å². The zero-order valence-electron chi connectivity index (χ0n) is 12.3. The average molecular weight is 284 g/mol. The first kappa shape index (κ1) is 15.3. The topological polar surface area (TPSA) is 67.9 Å². The maximum atomic E-state index is 12.5. The van der Waals surface area contributed by atoms with Crippen LogP contribution in [-0.4, -0.2) is 61.3 Å². The largest absolute Gasteiger partial charge is 0.376 e. The highest BCUT2D eigenvalue weighted by atomic mass is 16.6. The van der Waals surface area contributed by atoms with Gasteiger partial charge >= 0.3 is 0 Å². The van der Waals surface area contributed by atoms with E-state index < -0.39 is 0 Å². The van der Waals surface area contributed by atoms with Crippen molar-refractivity contribution in [1.82, 2.24) is 10.2 Å². The van der Waals surface area contributed by atoms with E-state index in [4.69, 9.17) is 9.47 Å².